The minimum atomic E-state index is -3.87. The topological polar surface area (TPSA) is 101 Å². The SMILES string of the molecule is CC(=O)N1CC(N2CCC(S(=O)(=O)[N-]C(=O)Nc3c4c(cc5c3CCC5)CCC4)CC2)C1.[K+]. The van der Waals surface area contributed by atoms with Crippen LogP contribution in [0, 0.1) is 0 Å². The number of aryl methyl sites for hydroxylation is 2. The summed E-state index contributed by atoms with van der Waals surface area (Å²) in [6, 6.07) is 1.82. The van der Waals surface area contributed by atoms with Crippen LogP contribution >= 0.6 is 0 Å². The molecular weight excluding hydrogens is 467 g/mol. The average molecular weight is 499 g/mol. The Balaban J connectivity index is 0.00000259. The zero-order valence-corrected chi connectivity index (χ0v) is 23.5. The molecule has 1 aromatic rings. The number of carbonyl (C=O) groups excluding carboxylic acids is 2. The largest absolute Gasteiger partial charge is 1.00 e. The first-order chi connectivity index (χ1) is 15.3. The molecule has 0 bridgehead atoms. The van der Waals surface area contributed by atoms with Gasteiger partial charge < -0.3 is 14.9 Å². The van der Waals surface area contributed by atoms with Crippen molar-refractivity contribution in [3.63, 3.8) is 0 Å². The van der Waals surface area contributed by atoms with Gasteiger partial charge in [0.15, 0.2) is 16.1 Å². The molecule has 1 aromatic carbocycles. The van der Waals surface area contributed by atoms with Gasteiger partial charge in [-0.3, -0.25) is 14.5 Å². The van der Waals surface area contributed by atoms with E-state index in [2.05, 4.69) is 21.0 Å². The molecule has 0 spiro atoms. The molecule has 0 unspecified atom stereocenters. The molecule has 10 heteroatoms. The van der Waals surface area contributed by atoms with Gasteiger partial charge in [-0.25, -0.2) is 8.42 Å². The smallest absolute Gasteiger partial charge is 0.423 e. The Morgan fingerprint density at radius 2 is 1.58 bits per heavy atom. The summed E-state index contributed by atoms with van der Waals surface area (Å²) in [5, 5.41) is 2.24. The number of hydrogen-bond donors (Lipinski definition) is 1. The van der Waals surface area contributed by atoms with Crippen LogP contribution in [0.2, 0.25) is 0 Å². The van der Waals surface area contributed by atoms with Crippen molar-refractivity contribution >= 4 is 27.6 Å². The standard InChI is InChI=1S/C23H32N4O4S.K/c1-15(28)27-13-18(14-27)26-10-8-19(9-11-26)32(30,31)25-23(29)24-22-20-6-2-4-16(20)12-17-5-3-7-21(17)22;/h12,18-19H,2-11,13-14H2,1H3,(H2,24,25,29);/q;+1/p-1. The van der Waals surface area contributed by atoms with Crippen LogP contribution < -0.4 is 56.7 Å². The van der Waals surface area contributed by atoms with Crippen LogP contribution in [0.5, 0.6) is 0 Å². The predicted molar refractivity (Wildman–Crippen MR) is 122 cm³/mol. The molecule has 0 saturated carbocycles. The van der Waals surface area contributed by atoms with Crippen LogP contribution in [-0.2, 0) is 40.5 Å². The zero-order chi connectivity index (χ0) is 22.5. The molecule has 2 saturated heterocycles. The Labute approximate surface area is 238 Å². The average Bonchev–Trinajstić information content (AvgIpc) is 3.35. The summed E-state index contributed by atoms with van der Waals surface area (Å²) in [5.41, 5.74) is 5.73. The number of hydrogen-bond acceptors (Lipinski definition) is 5. The van der Waals surface area contributed by atoms with Gasteiger partial charge in [0.25, 0.3) is 0 Å². The van der Waals surface area contributed by atoms with E-state index in [0.717, 1.165) is 44.2 Å². The maximum absolute atomic E-state index is 12.9. The normalized spacial score (nSPS) is 21.1. The van der Waals surface area contributed by atoms with Crippen molar-refractivity contribution in [3.8, 4) is 0 Å². The van der Waals surface area contributed by atoms with E-state index >= 15 is 0 Å². The van der Waals surface area contributed by atoms with Gasteiger partial charge in [0, 0.05) is 26.1 Å². The summed E-state index contributed by atoms with van der Waals surface area (Å²) in [7, 11) is -3.87. The van der Waals surface area contributed by atoms with Crippen LogP contribution in [0.4, 0.5) is 10.5 Å². The fraction of sp³-hybridized carbons (Fsp3) is 0.652. The van der Waals surface area contributed by atoms with Crippen LogP contribution in [-0.4, -0.2) is 67.6 Å². The van der Waals surface area contributed by atoms with Crippen molar-refractivity contribution in [2.75, 3.05) is 31.5 Å². The second-order valence-corrected chi connectivity index (χ2v) is 11.5. The quantitative estimate of drug-likeness (QED) is 0.570. The van der Waals surface area contributed by atoms with Gasteiger partial charge in [-0.05, 0) is 92.4 Å². The van der Waals surface area contributed by atoms with Crippen LogP contribution in [0.25, 0.3) is 4.72 Å². The summed E-state index contributed by atoms with van der Waals surface area (Å²) < 4.78 is 29.4. The molecule has 2 aliphatic carbocycles. The molecule has 0 atom stereocenters. The van der Waals surface area contributed by atoms with E-state index < -0.39 is 21.3 Å². The molecule has 2 fully saturated rings. The number of urea groups is 1. The fourth-order valence-corrected chi connectivity index (χ4v) is 7.00. The summed E-state index contributed by atoms with van der Waals surface area (Å²) in [6.07, 6.45) is 6.95. The molecule has 1 N–H and O–H groups in total. The van der Waals surface area contributed by atoms with E-state index in [1.165, 1.54) is 22.3 Å². The van der Waals surface area contributed by atoms with Crippen molar-refractivity contribution in [1.82, 2.24) is 9.80 Å². The molecule has 2 aliphatic heterocycles. The first-order valence-electron chi connectivity index (χ1n) is 11.8. The van der Waals surface area contributed by atoms with Gasteiger partial charge in [0.1, 0.15) is 0 Å². The second kappa shape index (κ2) is 10.2. The van der Waals surface area contributed by atoms with Gasteiger partial charge in [-0.15, -0.1) is 0 Å². The number of sulfonamides is 1. The summed E-state index contributed by atoms with van der Waals surface area (Å²) in [4.78, 5) is 28.1. The third-order valence-corrected chi connectivity index (χ3v) is 9.37. The zero-order valence-electron chi connectivity index (χ0n) is 19.6. The number of fused-ring (bicyclic) bond motifs is 2. The van der Waals surface area contributed by atoms with E-state index in [1.807, 2.05) is 0 Å². The number of carbonyl (C=O) groups is 2. The number of anilines is 1. The van der Waals surface area contributed by atoms with E-state index in [0.29, 0.717) is 45.1 Å². The van der Waals surface area contributed by atoms with Crippen molar-refractivity contribution in [1.29, 1.82) is 0 Å². The molecule has 174 valence electrons. The third kappa shape index (κ3) is 5.22. The molecule has 0 radical (unpaired) electrons. The van der Waals surface area contributed by atoms with E-state index in [4.69, 9.17) is 0 Å². The van der Waals surface area contributed by atoms with Crippen molar-refractivity contribution in [2.24, 2.45) is 0 Å². The second-order valence-electron chi connectivity index (χ2n) is 9.58. The summed E-state index contributed by atoms with van der Waals surface area (Å²) in [6.45, 7) is 4.30. The molecule has 0 aromatic heterocycles. The number of nitrogens with one attached hydrogen (secondary N) is 1. The molecule has 2 heterocycles. The van der Waals surface area contributed by atoms with Gasteiger partial charge in [0.2, 0.25) is 5.91 Å². The Hall–Kier alpha value is -0.494. The van der Waals surface area contributed by atoms with Crippen LogP contribution in [0.1, 0.15) is 54.9 Å². The monoisotopic (exact) mass is 498 g/mol. The molecule has 5 rings (SSSR count). The number of likely N-dealkylation sites (tertiary alicyclic amines) is 2. The Morgan fingerprint density at radius 3 is 2.12 bits per heavy atom. The molecule has 33 heavy (non-hydrogen) atoms. The maximum Gasteiger partial charge on any atom is 1.00 e. The Morgan fingerprint density at radius 1 is 1.00 bits per heavy atom. The predicted octanol–water partition coefficient (Wildman–Crippen LogP) is -0.401. The van der Waals surface area contributed by atoms with Gasteiger partial charge >= 0.3 is 51.4 Å². The molecular formula is C23H31KN4O4S. The van der Waals surface area contributed by atoms with E-state index in [9.17, 15) is 18.0 Å². The number of amides is 3. The van der Waals surface area contributed by atoms with Crippen LogP contribution in [0.3, 0.4) is 0 Å². The van der Waals surface area contributed by atoms with Crippen molar-refractivity contribution in [2.45, 2.75) is 69.6 Å². The third-order valence-electron chi connectivity index (χ3n) is 7.64. The number of rotatable bonds is 4. The number of nitrogens with zero attached hydrogens (tertiary/aromatic N) is 3. The molecule has 8 nitrogen and oxygen atoms in total. The Bertz CT molecular complexity index is 1010. The van der Waals surface area contributed by atoms with Crippen LogP contribution in [0.15, 0.2) is 6.07 Å². The first kappa shape index (κ1) is 25.6. The van der Waals surface area contributed by atoms with Gasteiger partial charge in [0.05, 0.1) is 5.25 Å². The molecule has 4 aliphatic rings. The van der Waals surface area contributed by atoms with Gasteiger partial charge in [-0.1, -0.05) is 6.07 Å². The number of piperidine rings is 1. The van der Waals surface area contributed by atoms with Crippen molar-refractivity contribution in [3.05, 3.63) is 33.0 Å². The van der Waals surface area contributed by atoms with E-state index in [-0.39, 0.29) is 57.3 Å². The van der Waals surface area contributed by atoms with Crippen molar-refractivity contribution < 1.29 is 69.4 Å². The van der Waals surface area contributed by atoms with E-state index in [1.54, 1.807) is 11.8 Å². The Kier molecular flexibility index (Phi) is 7.94. The minimum absolute atomic E-state index is 0. The summed E-state index contributed by atoms with van der Waals surface area (Å²) in [5.74, 6) is 0.0817. The maximum atomic E-state index is 12.9. The van der Waals surface area contributed by atoms with Gasteiger partial charge in [-0.2, -0.15) is 0 Å². The minimum Gasteiger partial charge on any atom is -0.423 e. The summed E-state index contributed by atoms with van der Waals surface area (Å²) >= 11 is 0. The fourth-order valence-electron chi connectivity index (χ4n) is 5.77. The molecule has 3 amide bonds. The first-order valence-corrected chi connectivity index (χ1v) is 13.3. The number of benzene rings is 1.